The van der Waals surface area contributed by atoms with Crippen LogP contribution in [0.4, 0.5) is 16.4 Å². The molecule has 0 spiro atoms. The minimum absolute atomic E-state index is 0.102. The first-order chi connectivity index (χ1) is 15.5. The Hall–Kier alpha value is -3.24. The van der Waals surface area contributed by atoms with Crippen molar-refractivity contribution < 1.29 is 23.8 Å². The predicted molar refractivity (Wildman–Crippen MR) is 117 cm³/mol. The van der Waals surface area contributed by atoms with Gasteiger partial charge in [-0.05, 0) is 43.5 Å². The molecule has 0 atom stereocenters. The molecule has 1 aliphatic heterocycles. The highest BCUT2D eigenvalue weighted by molar-refractivity contribution is 6.02. The summed E-state index contributed by atoms with van der Waals surface area (Å²) in [5.41, 5.74) is 1.37. The summed E-state index contributed by atoms with van der Waals surface area (Å²) in [6.07, 6.45) is 4.65. The summed E-state index contributed by atoms with van der Waals surface area (Å²) >= 11 is 0. The summed E-state index contributed by atoms with van der Waals surface area (Å²) in [5.74, 6) is 1.32. The number of rotatable bonds is 6. The lowest BCUT2D eigenvalue weighted by Gasteiger charge is -2.32. The van der Waals surface area contributed by atoms with E-state index >= 15 is 0 Å². The molecule has 2 aromatic rings. The van der Waals surface area contributed by atoms with Gasteiger partial charge in [0.05, 0.1) is 31.7 Å². The van der Waals surface area contributed by atoms with Crippen LogP contribution in [-0.4, -0.2) is 61.4 Å². The number of anilines is 2. The highest BCUT2D eigenvalue weighted by Crippen LogP contribution is 2.30. The Morgan fingerprint density at radius 3 is 2.53 bits per heavy atom. The maximum Gasteiger partial charge on any atom is 0.325 e. The van der Waals surface area contributed by atoms with Crippen molar-refractivity contribution in [3.05, 3.63) is 36.2 Å². The summed E-state index contributed by atoms with van der Waals surface area (Å²) in [6.45, 7) is 4.73. The molecule has 32 heavy (non-hydrogen) atoms. The zero-order valence-corrected chi connectivity index (χ0v) is 18.2. The van der Waals surface area contributed by atoms with Crippen LogP contribution in [0.5, 0.6) is 11.5 Å². The fraction of sp³-hybridized carbons (Fsp3) is 0.455. The number of aryl methyl sites for hydroxylation is 1. The molecular weight excluding hydrogens is 414 g/mol. The van der Waals surface area contributed by atoms with E-state index in [2.05, 4.69) is 25.5 Å². The predicted octanol–water partition coefficient (Wildman–Crippen LogP) is 2.49. The number of ether oxygens (including phenoxy) is 3. The average molecular weight is 441 g/mol. The molecule has 1 aliphatic carbocycles. The van der Waals surface area contributed by atoms with Gasteiger partial charge in [0.1, 0.15) is 5.75 Å². The Balaban J connectivity index is 1.30. The van der Waals surface area contributed by atoms with Crippen molar-refractivity contribution in [2.24, 2.45) is 5.92 Å². The molecule has 1 saturated carbocycles. The highest BCUT2D eigenvalue weighted by atomic mass is 16.5. The lowest BCUT2D eigenvalue weighted by atomic mass is 9.81. The van der Waals surface area contributed by atoms with Gasteiger partial charge in [-0.3, -0.25) is 10.1 Å². The molecule has 0 radical (unpaired) electrons. The molecule has 3 amide bonds. The zero-order valence-electron chi connectivity index (χ0n) is 18.2. The maximum atomic E-state index is 12.1. The van der Waals surface area contributed by atoms with Gasteiger partial charge in [0.15, 0.2) is 5.75 Å². The molecule has 0 unspecified atom stereocenters. The van der Waals surface area contributed by atoms with Crippen LogP contribution in [-0.2, 0) is 14.3 Å². The number of imide groups is 1. The molecule has 1 aromatic heterocycles. The smallest absolute Gasteiger partial charge is 0.325 e. The van der Waals surface area contributed by atoms with Crippen LogP contribution >= 0.6 is 0 Å². The van der Waals surface area contributed by atoms with Gasteiger partial charge in [0, 0.05) is 31.8 Å². The second kappa shape index (κ2) is 9.92. The van der Waals surface area contributed by atoms with E-state index in [9.17, 15) is 9.59 Å². The number of hydrogen-bond donors (Lipinski definition) is 2. The van der Waals surface area contributed by atoms with Gasteiger partial charge in [-0.25, -0.2) is 14.8 Å². The lowest BCUT2D eigenvalue weighted by molar-refractivity contribution is -0.131. The number of carbonyl (C=O) groups excluding carboxylic acids is 2. The minimum Gasteiger partial charge on any atom is -0.454 e. The third kappa shape index (κ3) is 5.32. The first-order valence-electron chi connectivity index (χ1n) is 10.6. The van der Waals surface area contributed by atoms with Crippen molar-refractivity contribution in [3.8, 4) is 11.5 Å². The Bertz CT molecular complexity index is 956. The van der Waals surface area contributed by atoms with E-state index in [1.807, 2.05) is 6.92 Å². The summed E-state index contributed by atoms with van der Waals surface area (Å²) in [6, 6.07) is 4.67. The number of urea groups is 1. The van der Waals surface area contributed by atoms with Crippen molar-refractivity contribution in [2.75, 3.05) is 43.6 Å². The molecule has 2 fully saturated rings. The maximum absolute atomic E-state index is 12.1. The fourth-order valence-corrected chi connectivity index (χ4v) is 3.61. The van der Waals surface area contributed by atoms with Crippen LogP contribution in [0.1, 0.15) is 18.4 Å². The van der Waals surface area contributed by atoms with Crippen molar-refractivity contribution in [2.45, 2.75) is 25.9 Å². The number of nitrogens with zero attached hydrogens (tertiary/aromatic N) is 3. The van der Waals surface area contributed by atoms with Crippen molar-refractivity contribution >= 4 is 23.6 Å². The van der Waals surface area contributed by atoms with Gasteiger partial charge in [0.25, 0.3) is 0 Å². The fourth-order valence-electron chi connectivity index (χ4n) is 3.61. The highest BCUT2D eigenvalue weighted by Gasteiger charge is 2.35. The molecule has 1 saturated heterocycles. The number of hydrogen-bond acceptors (Lipinski definition) is 8. The number of amides is 3. The summed E-state index contributed by atoms with van der Waals surface area (Å²) < 4.78 is 16.4. The van der Waals surface area contributed by atoms with E-state index in [0.29, 0.717) is 49.2 Å². The van der Waals surface area contributed by atoms with E-state index in [1.165, 1.54) is 0 Å². The Morgan fingerprint density at radius 2 is 1.88 bits per heavy atom. The van der Waals surface area contributed by atoms with Crippen LogP contribution in [0, 0.1) is 12.8 Å². The second-order valence-electron chi connectivity index (χ2n) is 7.87. The molecule has 2 heterocycles. The SMILES string of the molecule is COC1CC(C(=O)NC(=O)Nc2ccc(Oc3cnc(N4CCOCC4)nc3)c(C)c2)C1. The van der Waals surface area contributed by atoms with Crippen LogP contribution in [0.2, 0.25) is 0 Å². The Labute approximate surface area is 186 Å². The lowest BCUT2D eigenvalue weighted by Crippen LogP contribution is -2.45. The molecule has 170 valence electrons. The van der Waals surface area contributed by atoms with Gasteiger partial charge in [-0.2, -0.15) is 0 Å². The second-order valence-corrected chi connectivity index (χ2v) is 7.87. The van der Waals surface area contributed by atoms with E-state index in [4.69, 9.17) is 14.2 Å². The molecule has 2 N–H and O–H groups in total. The van der Waals surface area contributed by atoms with Crippen molar-refractivity contribution in [1.82, 2.24) is 15.3 Å². The van der Waals surface area contributed by atoms with Gasteiger partial charge in [0.2, 0.25) is 11.9 Å². The van der Waals surface area contributed by atoms with Gasteiger partial charge in [-0.15, -0.1) is 0 Å². The number of carbonyl (C=O) groups is 2. The number of methoxy groups -OCH3 is 1. The van der Waals surface area contributed by atoms with Crippen molar-refractivity contribution in [3.63, 3.8) is 0 Å². The topological polar surface area (TPSA) is 115 Å². The normalized spacial score (nSPS) is 20.2. The summed E-state index contributed by atoms with van der Waals surface area (Å²) in [4.78, 5) is 35.0. The number of nitrogens with one attached hydrogen (secondary N) is 2. The molecule has 2 aliphatic rings. The van der Waals surface area contributed by atoms with E-state index in [0.717, 1.165) is 18.7 Å². The number of aromatic nitrogens is 2. The van der Waals surface area contributed by atoms with Crippen molar-refractivity contribution in [1.29, 1.82) is 0 Å². The molecule has 4 rings (SSSR count). The van der Waals surface area contributed by atoms with Gasteiger partial charge in [-0.1, -0.05) is 0 Å². The van der Waals surface area contributed by atoms with E-state index < -0.39 is 6.03 Å². The molecule has 10 heteroatoms. The number of benzene rings is 1. The standard InChI is InChI=1S/C22H27N5O5/c1-14-9-16(25-22(29)26-20(28)15-10-17(11-15)30-2)3-4-19(14)32-18-12-23-21(24-13-18)27-5-7-31-8-6-27/h3-4,9,12-13,15,17H,5-8,10-11H2,1-2H3,(H2,25,26,28,29). The first kappa shape index (κ1) is 22.0. The largest absolute Gasteiger partial charge is 0.454 e. The van der Waals surface area contributed by atoms with Crippen LogP contribution in [0.3, 0.4) is 0 Å². The monoisotopic (exact) mass is 441 g/mol. The third-order valence-corrected chi connectivity index (χ3v) is 5.60. The molecule has 1 aromatic carbocycles. The minimum atomic E-state index is -0.559. The molecule has 0 bridgehead atoms. The summed E-state index contributed by atoms with van der Waals surface area (Å²) in [5, 5.41) is 5.06. The zero-order chi connectivity index (χ0) is 22.5. The molecule has 10 nitrogen and oxygen atoms in total. The van der Waals surface area contributed by atoms with E-state index in [-0.39, 0.29) is 17.9 Å². The van der Waals surface area contributed by atoms with Crippen LogP contribution in [0.15, 0.2) is 30.6 Å². The average Bonchev–Trinajstić information content (AvgIpc) is 2.76. The molecular formula is C22H27N5O5. The Morgan fingerprint density at radius 1 is 1.16 bits per heavy atom. The summed E-state index contributed by atoms with van der Waals surface area (Å²) in [7, 11) is 1.62. The quantitative estimate of drug-likeness (QED) is 0.703. The Kier molecular flexibility index (Phi) is 6.81. The van der Waals surface area contributed by atoms with Gasteiger partial charge < -0.3 is 24.4 Å². The van der Waals surface area contributed by atoms with Gasteiger partial charge >= 0.3 is 6.03 Å². The van der Waals surface area contributed by atoms with Crippen LogP contribution in [0.25, 0.3) is 0 Å². The third-order valence-electron chi connectivity index (χ3n) is 5.60. The number of morpholine rings is 1. The van der Waals surface area contributed by atoms with E-state index in [1.54, 1.807) is 37.7 Å². The first-order valence-corrected chi connectivity index (χ1v) is 10.6. The van der Waals surface area contributed by atoms with Crippen LogP contribution < -0.4 is 20.3 Å².